The predicted molar refractivity (Wildman–Crippen MR) is 120 cm³/mol. The molecule has 2 N–H and O–H groups in total. The van der Waals surface area contributed by atoms with Crippen molar-refractivity contribution in [2.75, 3.05) is 24.2 Å². The number of nitrogens with one attached hydrogen (secondary N) is 2. The molecule has 0 fully saturated rings. The van der Waals surface area contributed by atoms with Gasteiger partial charge in [0.1, 0.15) is 6.04 Å². The van der Waals surface area contributed by atoms with Gasteiger partial charge in [0, 0.05) is 18.4 Å². The summed E-state index contributed by atoms with van der Waals surface area (Å²) in [7, 11) is 1.65. The summed E-state index contributed by atoms with van der Waals surface area (Å²) in [6.45, 7) is 10.4. The van der Waals surface area contributed by atoms with E-state index in [1.54, 1.807) is 14.0 Å². The van der Waals surface area contributed by atoms with Gasteiger partial charge in [-0.2, -0.15) is 0 Å². The molecule has 1 unspecified atom stereocenters. The Kier molecular flexibility index (Phi) is 7.43. The van der Waals surface area contributed by atoms with E-state index in [1.807, 2.05) is 43.3 Å². The minimum Gasteiger partial charge on any atom is -0.374 e. The predicted octanol–water partition coefficient (Wildman–Crippen LogP) is 4.44. The first-order valence-corrected chi connectivity index (χ1v) is 10.1. The van der Waals surface area contributed by atoms with Crippen molar-refractivity contribution < 1.29 is 9.59 Å². The number of hydrogen-bond acceptors (Lipinski definition) is 3. The van der Waals surface area contributed by atoms with Gasteiger partial charge >= 0.3 is 0 Å². The van der Waals surface area contributed by atoms with Crippen LogP contribution >= 0.6 is 0 Å². The van der Waals surface area contributed by atoms with E-state index in [1.165, 1.54) is 10.5 Å². The van der Waals surface area contributed by atoms with E-state index in [0.717, 1.165) is 23.4 Å². The molecule has 2 aromatic rings. The minimum atomic E-state index is -0.434. The van der Waals surface area contributed by atoms with E-state index in [0.29, 0.717) is 0 Å². The van der Waals surface area contributed by atoms with Gasteiger partial charge in [0.05, 0.1) is 6.54 Å². The molecule has 0 spiro atoms. The number of benzene rings is 2. The van der Waals surface area contributed by atoms with Gasteiger partial charge in [0.25, 0.3) is 0 Å². The maximum atomic E-state index is 12.7. The molecule has 2 amide bonds. The Bertz CT molecular complexity index is 838. The van der Waals surface area contributed by atoms with Crippen molar-refractivity contribution in [1.82, 2.24) is 4.90 Å². The molecule has 0 bridgehead atoms. The monoisotopic (exact) mass is 395 g/mol. The fraction of sp³-hybridized carbons (Fsp3) is 0.417. The second kappa shape index (κ2) is 9.59. The number of anilines is 2. The first-order chi connectivity index (χ1) is 13.6. The highest BCUT2D eigenvalue weighted by atomic mass is 16.2. The highest BCUT2D eigenvalue weighted by Crippen LogP contribution is 2.23. The normalized spacial score (nSPS) is 12.2. The summed E-state index contributed by atoms with van der Waals surface area (Å²) in [6.07, 6.45) is 0.834. The summed E-state index contributed by atoms with van der Waals surface area (Å²) in [4.78, 5) is 26.5. The number of para-hydroxylation sites is 1. The Morgan fingerprint density at radius 1 is 1.03 bits per heavy atom. The zero-order valence-corrected chi connectivity index (χ0v) is 18.4. The fourth-order valence-electron chi connectivity index (χ4n) is 3.14. The van der Waals surface area contributed by atoms with Crippen molar-refractivity contribution in [3.8, 4) is 0 Å². The van der Waals surface area contributed by atoms with Gasteiger partial charge in [0.2, 0.25) is 11.8 Å². The summed E-state index contributed by atoms with van der Waals surface area (Å²) in [5, 5.41) is 6.12. The number of amides is 2. The molecule has 0 aliphatic rings. The number of likely N-dealkylation sites (N-methyl/N-ethyl adjacent to an activating group) is 1. The standard InChI is InChI=1S/C24H33N3O2/c1-7-18-10-8-9-11-21(18)26-22(28)16-27(6)23(29)17(2)25-20-14-12-19(13-15-20)24(3,4)5/h8-15,17,25H,7,16H2,1-6H3,(H,26,28). The van der Waals surface area contributed by atoms with Crippen LogP contribution in [0.1, 0.15) is 45.7 Å². The summed E-state index contributed by atoms with van der Waals surface area (Å²) in [5.74, 6) is -0.340. The van der Waals surface area contributed by atoms with Gasteiger partial charge in [-0.05, 0) is 48.1 Å². The van der Waals surface area contributed by atoms with Crippen molar-refractivity contribution in [2.24, 2.45) is 0 Å². The van der Waals surface area contributed by atoms with Gasteiger partial charge in [-0.15, -0.1) is 0 Å². The third kappa shape index (κ3) is 6.34. The minimum absolute atomic E-state index is 0.00582. The zero-order chi connectivity index (χ0) is 21.6. The number of hydrogen-bond donors (Lipinski definition) is 2. The van der Waals surface area contributed by atoms with Crippen LogP contribution in [0.2, 0.25) is 0 Å². The second-order valence-electron chi connectivity index (χ2n) is 8.45. The lowest BCUT2D eigenvalue weighted by molar-refractivity contribution is -0.133. The molecule has 1 atom stereocenters. The molecular formula is C24H33N3O2. The van der Waals surface area contributed by atoms with E-state index >= 15 is 0 Å². The van der Waals surface area contributed by atoms with Gasteiger partial charge in [-0.25, -0.2) is 0 Å². The maximum absolute atomic E-state index is 12.7. The van der Waals surface area contributed by atoms with E-state index in [2.05, 4.69) is 43.5 Å². The molecule has 29 heavy (non-hydrogen) atoms. The van der Waals surface area contributed by atoms with Gasteiger partial charge in [-0.3, -0.25) is 9.59 Å². The van der Waals surface area contributed by atoms with Crippen molar-refractivity contribution >= 4 is 23.2 Å². The smallest absolute Gasteiger partial charge is 0.244 e. The highest BCUT2D eigenvalue weighted by Gasteiger charge is 2.20. The van der Waals surface area contributed by atoms with Crippen LogP contribution in [0.25, 0.3) is 0 Å². The van der Waals surface area contributed by atoms with Crippen LogP contribution in [0, 0.1) is 0 Å². The van der Waals surface area contributed by atoms with Crippen molar-refractivity contribution in [3.05, 3.63) is 59.7 Å². The Labute approximate surface area is 174 Å². The molecule has 0 aliphatic carbocycles. The summed E-state index contributed by atoms with van der Waals surface area (Å²) in [6, 6.07) is 15.4. The molecule has 0 aromatic heterocycles. The molecule has 2 aromatic carbocycles. The second-order valence-corrected chi connectivity index (χ2v) is 8.45. The summed E-state index contributed by atoms with van der Waals surface area (Å²) in [5.41, 5.74) is 4.08. The molecule has 5 nitrogen and oxygen atoms in total. The van der Waals surface area contributed by atoms with Crippen LogP contribution in [0.15, 0.2) is 48.5 Å². The average molecular weight is 396 g/mol. The topological polar surface area (TPSA) is 61.4 Å². The first-order valence-electron chi connectivity index (χ1n) is 10.1. The van der Waals surface area contributed by atoms with E-state index in [9.17, 15) is 9.59 Å². The summed E-state index contributed by atoms with van der Waals surface area (Å²) >= 11 is 0. The maximum Gasteiger partial charge on any atom is 0.244 e. The fourth-order valence-corrected chi connectivity index (χ4v) is 3.14. The van der Waals surface area contributed by atoms with Crippen LogP contribution in [0.4, 0.5) is 11.4 Å². The third-order valence-corrected chi connectivity index (χ3v) is 4.93. The Balaban J connectivity index is 1.92. The van der Waals surface area contributed by atoms with Crippen LogP contribution in [0.5, 0.6) is 0 Å². The van der Waals surface area contributed by atoms with Crippen molar-refractivity contribution in [1.29, 1.82) is 0 Å². The largest absolute Gasteiger partial charge is 0.374 e. The number of rotatable bonds is 7. The quantitative estimate of drug-likeness (QED) is 0.728. The molecule has 0 heterocycles. The number of nitrogens with zero attached hydrogens (tertiary/aromatic N) is 1. The molecule has 0 saturated carbocycles. The molecular weight excluding hydrogens is 362 g/mol. The van der Waals surface area contributed by atoms with E-state index in [4.69, 9.17) is 0 Å². The zero-order valence-electron chi connectivity index (χ0n) is 18.4. The molecule has 156 valence electrons. The lowest BCUT2D eigenvalue weighted by Gasteiger charge is -2.23. The molecule has 2 rings (SSSR count). The highest BCUT2D eigenvalue weighted by molar-refractivity contribution is 5.96. The lowest BCUT2D eigenvalue weighted by atomic mass is 9.87. The number of aryl methyl sites for hydroxylation is 1. The molecule has 0 saturated heterocycles. The summed E-state index contributed by atoms with van der Waals surface area (Å²) < 4.78 is 0. The van der Waals surface area contributed by atoms with Crippen LogP contribution in [0.3, 0.4) is 0 Å². The average Bonchev–Trinajstić information content (AvgIpc) is 2.67. The molecule has 0 aliphatic heterocycles. The number of carbonyl (C=O) groups excluding carboxylic acids is 2. The van der Waals surface area contributed by atoms with Gasteiger partial charge in [-0.1, -0.05) is 58.0 Å². The van der Waals surface area contributed by atoms with Gasteiger partial charge in [0.15, 0.2) is 0 Å². The Morgan fingerprint density at radius 2 is 1.66 bits per heavy atom. The number of carbonyl (C=O) groups is 2. The molecule has 5 heteroatoms. The van der Waals surface area contributed by atoms with Crippen LogP contribution < -0.4 is 10.6 Å². The van der Waals surface area contributed by atoms with Crippen molar-refractivity contribution in [3.63, 3.8) is 0 Å². The van der Waals surface area contributed by atoms with Crippen LogP contribution in [-0.4, -0.2) is 36.3 Å². The SMILES string of the molecule is CCc1ccccc1NC(=O)CN(C)C(=O)C(C)Nc1ccc(C(C)(C)C)cc1. The van der Waals surface area contributed by atoms with Crippen molar-refractivity contribution in [2.45, 2.75) is 52.5 Å². The Hall–Kier alpha value is -2.82. The van der Waals surface area contributed by atoms with Crippen LogP contribution in [-0.2, 0) is 21.4 Å². The van der Waals surface area contributed by atoms with Gasteiger partial charge < -0.3 is 15.5 Å². The Morgan fingerprint density at radius 3 is 2.24 bits per heavy atom. The third-order valence-electron chi connectivity index (χ3n) is 4.93. The first kappa shape index (κ1) is 22.5. The molecule has 0 radical (unpaired) electrons. The van der Waals surface area contributed by atoms with E-state index in [-0.39, 0.29) is 23.8 Å². The van der Waals surface area contributed by atoms with E-state index < -0.39 is 6.04 Å². The lowest BCUT2D eigenvalue weighted by Crippen LogP contribution is -2.42.